The van der Waals surface area contributed by atoms with Crippen molar-refractivity contribution in [1.29, 1.82) is 0 Å². The maximum Gasteiger partial charge on any atom is 0.282 e. The summed E-state index contributed by atoms with van der Waals surface area (Å²) in [6.07, 6.45) is 0.434. The number of nitro benzene ring substituents is 2. The third-order valence-electron chi connectivity index (χ3n) is 5.36. The van der Waals surface area contributed by atoms with E-state index in [-0.39, 0.29) is 48.2 Å². The average molecular weight is 438 g/mol. The number of fused-ring (bicyclic) bond motifs is 2. The number of nitro groups is 2. The summed E-state index contributed by atoms with van der Waals surface area (Å²) in [5.41, 5.74) is -1.49. The van der Waals surface area contributed by atoms with Crippen LogP contribution in [-0.4, -0.2) is 56.4 Å². The molecule has 0 saturated carbocycles. The van der Waals surface area contributed by atoms with Gasteiger partial charge in [0, 0.05) is 25.2 Å². The Hall–Kier alpha value is -4.48. The van der Waals surface area contributed by atoms with E-state index < -0.39 is 44.9 Å². The second kappa shape index (κ2) is 7.65. The van der Waals surface area contributed by atoms with Gasteiger partial charge in [-0.2, -0.15) is 0 Å². The molecule has 2 aromatic rings. The highest BCUT2D eigenvalue weighted by molar-refractivity contribution is 6.24. The number of carbonyl (C=O) groups excluding carboxylic acids is 4. The molecule has 4 rings (SSSR count). The third-order valence-corrected chi connectivity index (χ3v) is 5.36. The summed E-state index contributed by atoms with van der Waals surface area (Å²) in [5.74, 6) is -2.84. The number of rotatable bonds is 7. The molecule has 2 heterocycles. The molecule has 2 aliphatic heterocycles. The van der Waals surface area contributed by atoms with Crippen molar-refractivity contribution in [2.75, 3.05) is 13.1 Å². The van der Waals surface area contributed by atoms with Gasteiger partial charge >= 0.3 is 0 Å². The van der Waals surface area contributed by atoms with Crippen molar-refractivity contribution in [2.45, 2.75) is 12.8 Å². The fourth-order valence-electron chi connectivity index (χ4n) is 3.88. The van der Waals surface area contributed by atoms with Gasteiger partial charge in [-0.25, -0.2) is 0 Å². The lowest BCUT2D eigenvalue weighted by Gasteiger charge is -2.16. The number of imide groups is 2. The Morgan fingerprint density at radius 3 is 1.34 bits per heavy atom. The molecule has 0 spiro atoms. The SMILES string of the molecule is O=C1c2cccc([N+](=O)[O-])c2C(=O)N1CCCCN1C(=O)c2cccc([N+](=O)[O-])c2C1=O. The van der Waals surface area contributed by atoms with Crippen molar-refractivity contribution < 1.29 is 29.0 Å². The highest BCUT2D eigenvalue weighted by Crippen LogP contribution is 2.32. The van der Waals surface area contributed by atoms with Crippen LogP contribution < -0.4 is 0 Å². The number of benzene rings is 2. The molecule has 162 valence electrons. The minimum atomic E-state index is -0.770. The van der Waals surface area contributed by atoms with E-state index in [2.05, 4.69) is 0 Å². The van der Waals surface area contributed by atoms with Crippen molar-refractivity contribution in [2.24, 2.45) is 0 Å². The van der Waals surface area contributed by atoms with Gasteiger partial charge in [-0.1, -0.05) is 12.1 Å². The molecule has 0 fully saturated rings. The molecule has 2 aromatic carbocycles. The van der Waals surface area contributed by atoms with Gasteiger partial charge in [0.25, 0.3) is 35.0 Å². The summed E-state index contributed by atoms with van der Waals surface area (Å²) in [5, 5.41) is 22.3. The minimum absolute atomic E-state index is 0.0446. The van der Waals surface area contributed by atoms with E-state index in [1.807, 2.05) is 0 Å². The highest BCUT2D eigenvalue weighted by Gasteiger charge is 2.42. The fourth-order valence-corrected chi connectivity index (χ4v) is 3.88. The first kappa shape index (κ1) is 20.8. The lowest BCUT2D eigenvalue weighted by molar-refractivity contribution is -0.385. The number of hydrogen-bond acceptors (Lipinski definition) is 8. The summed E-state index contributed by atoms with van der Waals surface area (Å²) in [7, 11) is 0. The third kappa shape index (κ3) is 3.09. The van der Waals surface area contributed by atoms with Crippen LogP contribution in [0, 0.1) is 20.2 Å². The van der Waals surface area contributed by atoms with Crippen molar-refractivity contribution in [3.63, 3.8) is 0 Å². The minimum Gasteiger partial charge on any atom is -0.274 e. The fraction of sp³-hybridized carbons (Fsp3) is 0.200. The molecule has 0 N–H and O–H groups in total. The van der Waals surface area contributed by atoms with Crippen LogP contribution in [0.1, 0.15) is 54.3 Å². The van der Waals surface area contributed by atoms with Gasteiger partial charge in [-0.3, -0.25) is 49.2 Å². The molecule has 0 aromatic heterocycles. The van der Waals surface area contributed by atoms with E-state index >= 15 is 0 Å². The summed E-state index contributed by atoms with van der Waals surface area (Å²) in [6.45, 7) is -0.125. The standard InChI is InChI=1S/C20H14N4O8/c25-17-11-5-3-7-13(23(29)30)15(11)19(27)21(17)9-1-2-10-22-18(26)12-6-4-8-14(24(31)32)16(12)20(22)28/h3-8H,1-2,9-10H2. The lowest BCUT2D eigenvalue weighted by atomic mass is 10.1. The molecular formula is C20H14N4O8. The molecule has 12 nitrogen and oxygen atoms in total. The predicted octanol–water partition coefficient (Wildman–Crippen LogP) is 2.18. The largest absolute Gasteiger partial charge is 0.282 e. The van der Waals surface area contributed by atoms with Crippen LogP contribution in [0.2, 0.25) is 0 Å². The van der Waals surface area contributed by atoms with Crippen molar-refractivity contribution in [3.05, 3.63) is 78.9 Å². The second-order valence-electron chi connectivity index (χ2n) is 7.14. The Bertz CT molecular complexity index is 1140. The van der Waals surface area contributed by atoms with E-state index in [4.69, 9.17) is 0 Å². The van der Waals surface area contributed by atoms with E-state index in [0.29, 0.717) is 0 Å². The number of amides is 4. The molecule has 32 heavy (non-hydrogen) atoms. The zero-order chi connectivity index (χ0) is 23.2. The molecule has 0 saturated heterocycles. The lowest BCUT2D eigenvalue weighted by Crippen LogP contribution is -2.33. The van der Waals surface area contributed by atoms with Gasteiger partial charge in [0.15, 0.2) is 0 Å². The van der Waals surface area contributed by atoms with Crippen LogP contribution >= 0.6 is 0 Å². The van der Waals surface area contributed by atoms with Crippen LogP contribution in [0.5, 0.6) is 0 Å². The zero-order valence-electron chi connectivity index (χ0n) is 16.3. The molecular weight excluding hydrogens is 424 g/mol. The predicted molar refractivity (Wildman–Crippen MR) is 106 cm³/mol. The van der Waals surface area contributed by atoms with Crippen molar-refractivity contribution in [3.8, 4) is 0 Å². The van der Waals surface area contributed by atoms with E-state index in [0.717, 1.165) is 21.9 Å². The average Bonchev–Trinajstić information content (AvgIpc) is 3.16. The molecule has 0 unspecified atom stereocenters. The van der Waals surface area contributed by atoms with Crippen LogP contribution in [0.4, 0.5) is 11.4 Å². The van der Waals surface area contributed by atoms with Gasteiger partial charge in [-0.05, 0) is 25.0 Å². The van der Waals surface area contributed by atoms with E-state index in [9.17, 15) is 39.4 Å². The van der Waals surface area contributed by atoms with Crippen molar-refractivity contribution >= 4 is 35.0 Å². The molecule has 0 radical (unpaired) electrons. The van der Waals surface area contributed by atoms with Crippen LogP contribution in [-0.2, 0) is 0 Å². The van der Waals surface area contributed by atoms with Gasteiger partial charge in [0.1, 0.15) is 11.1 Å². The molecule has 0 aliphatic carbocycles. The quantitative estimate of drug-likeness (QED) is 0.275. The number of hydrogen-bond donors (Lipinski definition) is 0. The Balaban J connectivity index is 1.41. The Morgan fingerprint density at radius 1 is 0.625 bits per heavy atom. The summed E-state index contributed by atoms with van der Waals surface area (Å²) in [6, 6.07) is 7.63. The monoisotopic (exact) mass is 438 g/mol. The molecule has 2 aliphatic rings. The first-order chi connectivity index (χ1) is 15.2. The van der Waals surface area contributed by atoms with Gasteiger partial charge in [0.2, 0.25) is 0 Å². The van der Waals surface area contributed by atoms with Crippen LogP contribution in [0.3, 0.4) is 0 Å². The topological polar surface area (TPSA) is 161 Å². The first-order valence-electron chi connectivity index (χ1n) is 9.51. The number of unbranched alkanes of at least 4 members (excludes halogenated alkanes) is 1. The molecule has 0 bridgehead atoms. The Morgan fingerprint density at radius 2 is 1.00 bits per heavy atom. The normalized spacial score (nSPS) is 14.8. The smallest absolute Gasteiger partial charge is 0.274 e. The van der Waals surface area contributed by atoms with Crippen LogP contribution in [0.25, 0.3) is 0 Å². The molecule has 0 atom stereocenters. The maximum atomic E-state index is 12.6. The number of nitrogens with zero attached hydrogens (tertiary/aromatic N) is 4. The van der Waals surface area contributed by atoms with E-state index in [1.54, 1.807) is 0 Å². The highest BCUT2D eigenvalue weighted by atomic mass is 16.6. The van der Waals surface area contributed by atoms with Crippen LogP contribution in [0.15, 0.2) is 36.4 Å². The van der Waals surface area contributed by atoms with Gasteiger partial charge < -0.3 is 0 Å². The Labute approximate surface area is 179 Å². The maximum absolute atomic E-state index is 12.6. The van der Waals surface area contributed by atoms with Gasteiger partial charge in [0.05, 0.1) is 21.0 Å². The first-order valence-corrected chi connectivity index (χ1v) is 9.51. The molecule has 12 heteroatoms. The Kier molecular flexibility index (Phi) is 4.97. The summed E-state index contributed by atoms with van der Waals surface area (Å²) in [4.78, 5) is 72.7. The summed E-state index contributed by atoms with van der Waals surface area (Å²) >= 11 is 0. The van der Waals surface area contributed by atoms with Crippen molar-refractivity contribution in [1.82, 2.24) is 9.80 Å². The van der Waals surface area contributed by atoms with E-state index in [1.165, 1.54) is 24.3 Å². The number of carbonyl (C=O) groups is 4. The summed E-state index contributed by atoms with van der Waals surface area (Å²) < 4.78 is 0. The second-order valence-corrected chi connectivity index (χ2v) is 7.14. The zero-order valence-corrected chi connectivity index (χ0v) is 16.3. The van der Waals surface area contributed by atoms with Gasteiger partial charge in [-0.15, -0.1) is 0 Å². The molecule has 4 amide bonds.